The van der Waals surface area contributed by atoms with Crippen molar-refractivity contribution in [3.63, 3.8) is 0 Å². The summed E-state index contributed by atoms with van der Waals surface area (Å²) < 4.78 is 0. The zero-order chi connectivity index (χ0) is 6.24. The van der Waals surface area contributed by atoms with Crippen molar-refractivity contribution in [2.75, 3.05) is 0 Å². The van der Waals surface area contributed by atoms with Gasteiger partial charge >= 0.3 is 29.6 Å². The smallest absolute Gasteiger partial charge is 0.373 e. The van der Waals surface area contributed by atoms with Gasteiger partial charge in [-0.05, 0) is 0 Å². The second kappa shape index (κ2) is 10.4. The summed E-state index contributed by atoms with van der Waals surface area (Å²) in [6.07, 6.45) is 1.33. The fraction of sp³-hybridized carbons (Fsp3) is 0. The quantitative estimate of drug-likeness (QED) is 0.178. The van der Waals surface area contributed by atoms with Gasteiger partial charge in [0.1, 0.15) is 0 Å². The van der Waals surface area contributed by atoms with Crippen molar-refractivity contribution < 1.29 is 29.6 Å². The van der Waals surface area contributed by atoms with Crippen LogP contribution in [0.2, 0.25) is 0 Å². The van der Waals surface area contributed by atoms with Gasteiger partial charge in [-0.3, -0.25) is 4.91 Å². The Morgan fingerprint density at radius 1 is 1.44 bits per heavy atom. The minimum absolute atomic E-state index is 0. The number of rotatable bonds is 0. The van der Waals surface area contributed by atoms with Gasteiger partial charge in [0, 0.05) is 0 Å². The fourth-order valence-corrected chi connectivity index (χ4v) is 0.129. The van der Waals surface area contributed by atoms with E-state index in [-0.39, 0.29) is 29.6 Å². The summed E-state index contributed by atoms with van der Waals surface area (Å²) in [5.74, 6) is 0. The van der Waals surface area contributed by atoms with Crippen LogP contribution in [0.3, 0.4) is 0 Å². The normalized spacial score (nSPS) is 5.33. The Kier molecular flexibility index (Phi) is 12.9. The minimum atomic E-state index is 0. The van der Waals surface area contributed by atoms with Crippen LogP contribution < -0.4 is 29.6 Å². The van der Waals surface area contributed by atoms with Gasteiger partial charge in [-0.15, -0.1) is 10.2 Å². The summed E-state index contributed by atoms with van der Waals surface area (Å²) in [5.41, 5.74) is 13.5. The Morgan fingerprint density at radius 3 is 2.11 bits per heavy atom. The third-order valence-electron chi connectivity index (χ3n) is 0.270. The molecule has 0 aliphatic carbocycles. The van der Waals surface area contributed by atoms with Gasteiger partial charge in [0.25, 0.3) is 0 Å². The molecule has 0 saturated heterocycles. The Morgan fingerprint density at radius 2 is 2.00 bits per heavy atom. The number of hydrogen-bond acceptors (Lipinski definition) is 3. The number of tetrazole rings is 1. The first-order valence-corrected chi connectivity index (χ1v) is 1.56. The summed E-state index contributed by atoms with van der Waals surface area (Å²) in [7, 11) is 0. The molecular weight excluding hydrogens is 133 g/mol. The van der Waals surface area contributed by atoms with Crippen LogP contribution in [0, 0.1) is 0 Å². The van der Waals surface area contributed by atoms with Gasteiger partial charge in [-0.25, -0.2) is 0 Å². The van der Waals surface area contributed by atoms with E-state index >= 15 is 0 Å². The minimum Gasteiger partial charge on any atom is -0.373 e. The van der Waals surface area contributed by atoms with E-state index in [1.165, 1.54) is 11.2 Å². The zero-order valence-electron chi connectivity index (χ0n) is 4.76. The zero-order valence-corrected chi connectivity index (χ0v) is 6.76. The van der Waals surface area contributed by atoms with Crippen molar-refractivity contribution >= 4 is 0 Å². The largest absolute Gasteiger partial charge is 1.00 e. The molecule has 0 aliphatic heterocycles. The summed E-state index contributed by atoms with van der Waals surface area (Å²) in [4.78, 5) is 1.50. The third-order valence-corrected chi connectivity index (χ3v) is 0.270. The number of aromatic nitrogens is 4. The van der Waals surface area contributed by atoms with Gasteiger partial charge in [0.05, 0.1) is 0 Å². The molecule has 0 atom stereocenters. The molecule has 0 aliphatic rings. The van der Waals surface area contributed by atoms with Gasteiger partial charge in [-0.2, -0.15) is 5.21 Å². The molecule has 0 spiro atoms. The van der Waals surface area contributed by atoms with Crippen molar-refractivity contribution in [3.05, 3.63) is 22.3 Å². The van der Waals surface area contributed by atoms with Gasteiger partial charge in [-0.1, -0.05) is 5.21 Å². The standard InChI is InChI=1S/CH2N4.N3.Na/c1-2-4-5-3-1;1-3-2;/h1H,(H,2,3,4,5);;/q;-1;+1. The van der Waals surface area contributed by atoms with Crippen molar-refractivity contribution in [2.24, 2.45) is 0 Å². The van der Waals surface area contributed by atoms with E-state index < -0.39 is 0 Å². The first-order chi connectivity index (χ1) is 3.91. The van der Waals surface area contributed by atoms with Gasteiger partial charge < -0.3 is 11.1 Å². The fourth-order valence-electron chi connectivity index (χ4n) is 0.129. The molecule has 9 heavy (non-hydrogen) atoms. The van der Waals surface area contributed by atoms with E-state index in [0.29, 0.717) is 0 Å². The molecule has 1 aromatic heterocycles. The van der Waals surface area contributed by atoms with Gasteiger partial charge in [0.15, 0.2) is 6.33 Å². The van der Waals surface area contributed by atoms with Crippen LogP contribution >= 0.6 is 0 Å². The van der Waals surface area contributed by atoms with Crippen LogP contribution in [0.1, 0.15) is 0 Å². The maximum atomic E-state index is 6.75. The molecule has 1 heterocycles. The number of nitrogens with one attached hydrogen (secondary N) is 1. The van der Waals surface area contributed by atoms with Crippen molar-refractivity contribution in [1.82, 2.24) is 20.6 Å². The summed E-state index contributed by atoms with van der Waals surface area (Å²) in [6.45, 7) is 0. The van der Waals surface area contributed by atoms with Crippen LogP contribution in [-0.4, -0.2) is 20.6 Å². The molecule has 0 radical (unpaired) electrons. The molecule has 1 N–H and O–H groups in total. The molecule has 1 aromatic rings. The van der Waals surface area contributed by atoms with Crippen LogP contribution in [0.15, 0.2) is 6.33 Å². The average Bonchev–Trinajstić information content (AvgIpc) is 2.17. The van der Waals surface area contributed by atoms with Crippen LogP contribution in [0.4, 0.5) is 0 Å². The van der Waals surface area contributed by atoms with E-state index in [4.69, 9.17) is 11.1 Å². The van der Waals surface area contributed by atoms with Crippen molar-refractivity contribution in [1.29, 1.82) is 0 Å². The molecule has 0 fully saturated rings. The third kappa shape index (κ3) is 11.1. The van der Waals surface area contributed by atoms with Crippen LogP contribution in [0.25, 0.3) is 16.0 Å². The number of nitrogens with zero attached hydrogens (tertiary/aromatic N) is 6. The topological polar surface area (TPSA) is 113 Å². The Labute approximate surface area is 72.5 Å². The van der Waals surface area contributed by atoms with Crippen molar-refractivity contribution in [3.8, 4) is 0 Å². The van der Waals surface area contributed by atoms with E-state index in [9.17, 15) is 0 Å². The SMILES string of the molecule is [N-]=[N+]=[N-].[Na+].c1nn[nH]n1. The van der Waals surface area contributed by atoms with Crippen LogP contribution in [-0.2, 0) is 0 Å². The number of H-pyrrole nitrogens is 1. The predicted molar refractivity (Wildman–Crippen MR) is 24.3 cm³/mol. The summed E-state index contributed by atoms with van der Waals surface area (Å²) in [6, 6.07) is 0. The Hall–Kier alpha value is -0.620. The molecule has 0 unspecified atom stereocenters. The Balaban J connectivity index is 0. The van der Waals surface area contributed by atoms with E-state index in [1.54, 1.807) is 0 Å². The Bertz CT molecular complexity index is 121. The van der Waals surface area contributed by atoms with Crippen molar-refractivity contribution in [2.45, 2.75) is 0 Å². The summed E-state index contributed by atoms with van der Waals surface area (Å²) in [5, 5.41) is 12.2. The van der Waals surface area contributed by atoms with Crippen LogP contribution in [0.5, 0.6) is 0 Å². The second-order valence-electron chi connectivity index (χ2n) is 0.649. The molecule has 8 heteroatoms. The first kappa shape index (κ1) is 11.2. The molecule has 0 bridgehead atoms. The molecule has 7 nitrogen and oxygen atoms in total. The first-order valence-electron chi connectivity index (χ1n) is 1.56. The monoisotopic (exact) mass is 135 g/mol. The molecule has 0 saturated carbocycles. The maximum absolute atomic E-state index is 6.75. The van der Waals surface area contributed by atoms with Gasteiger partial charge in [0.2, 0.25) is 0 Å². The molecular formula is CH2N7Na. The predicted octanol–water partition coefficient (Wildman–Crippen LogP) is -2.93. The maximum Gasteiger partial charge on any atom is 1.00 e. The second-order valence-corrected chi connectivity index (χ2v) is 0.649. The average molecular weight is 135 g/mol. The van der Waals surface area contributed by atoms with E-state index in [1.807, 2.05) is 0 Å². The molecule has 1 rings (SSSR count). The molecule has 0 aromatic carbocycles. The number of aromatic amines is 1. The van der Waals surface area contributed by atoms with E-state index in [0.717, 1.165) is 0 Å². The van der Waals surface area contributed by atoms with E-state index in [2.05, 4.69) is 20.6 Å². The molecule has 0 amide bonds. The summed E-state index contributed by atoms with van der Waals surface area (Å²) >= 11 is 0. The number of hydrogen-bond donors (Lipinski definition) is 1. The molecule has 42 valence electrons.